The van der Waals surface area contributed by atoms with Crippen molar-refractivity contribution in [3.8, 4) is 5.75 Å². The first-order valence-electron chi connectivity index (χ1n) is 13.0. The van der Waals surface area contributed by atoms with E-state index in [1.54, 1.807) is 28.1 Å². The van der Waals surface area contributed by atoms with Crippen LogP contribution in [0, 0.1) is 6.92 Å². The SMILES string of the molecule is COc1ccc(C)cc1N1C(=O)CCN(c2cnc3cc(C4=CCN(C(=O)OC(C)(C)C)CC4)ccn23)C1=O. The van der Waals surface area contributed by atoms with Gasteiger partial charge in [-0.25, -0.2) is 19.5 Å². The van der Waals surface area contributed by atoms with E-state index in [9.17, 15) is 14.4 Å². The lowest BCUT2D eigenvalue weighted by molar-refractivity contribution is -0.118. The average molecular weight is 532 g/mol. The monoisotopic (exact) mass is 531 g/mol. The highest BCUT2D eigenvalue weighted by Gasteiger charge is 2.37. The highest BCUT2D eigenvalue weighted by molar-refractivity contribution is 6.22. The number of anilines is 2. The fourth-order valence-electron chi connectivity index (χ4n) is 4.86. The number of imide groups is 1. The number of aryl methyl sites for hydroxylation is 1. The molecule has 0 N–H and O–H groups in total. The van der Waals surface area contributed by atoms with E-state index >= 15 is 0 Å². The summed E-state index contributed by atoms with van der Waals surface area (Å²) in [6.07, 6.45) is 6.13. The fourth-order valence-corrected chi connectivity index (χ4v) is 4.86. The molecular formula is C29H33N5O5. The van der Waals surface area contributed by atoms with Gasteiger partial charge in [0.25, 0.3) is 0 Å². The highest BCUT2D eigenvalue weighted by Crippen LogP contribution is 2.34. The Morgan fingerprint density at radius 2 is 1.85 bits per heavy atom. The lowest BCUT2D eigenvalue weighted by Gasteiger charge is -2.34. The third-order valence-electron chi connectivity index (χ3n) is 6.80. The van der Waals surface area contributed by atoms with Crippen LogP contribution in [0.25, 0.3) is 11.2 Å². The standard InChI is InChI=1S/C29H33N5O5/c1-19-6-7-23(38-5)22(16-19)34-26(35)11-15-33(27(34)36)25-18-30-24-17-21(10-14-32(24)25)20-8-12-31(13-9-20)28(37)39-29(2,3)4/h6-8,10,14,16-18H,9,11-13,15H2,1-5H3. The van der Waals surface area contributed by atoms with E-state index in [0.717, 1.165) is 16.7 Å². The summed E-state index contributed by atoms with van der Waals surface area (Å²) in [5.74, 6) is 0.762. The van der Waals surface area contributed by atoms with Crippen molar-refractivity contribution in [2.24, 2.45) is 0 Å². The Bertz CT molecular complexity index is 1480. The Morgan fingerprint density at radius 1 is 1.05 bits per heavy atom. The summed E-state index contributed by atoms with van der Waals surface area (Å²) in [7, 11) is 1.52. The number of amides is 4. The molecule has 1 aromatic carbocycles. The van der Waals surface area contributed by atoms with Gasteiger partial charge in [0, 0.05) is 32.3 Å². The molecule has 0 radical (unpaired) electrons. The van der Waals surface area contributed by atoms with Crippen LogP contribution in [0.2, 0.25) is 0 Å². The van der Waals surface area contributed by atoms with Gasteiger partial charge in [-0.2, -0.15) is 0 Å². The molecule has 4 heterocycles. The molecule has 2 aliphatic rings. The molecule has 0 unspecified atom stereocenters. The van der Waals surface area contributed by atoms with Gasteiger partial charge in [0.05, 0.1) is 19.0 Å². The van der Waals surface area contributed by atoms with Gasteiger partial charge in [0.1, 0.15) is 22.8 Å². The maximum Gasteiger partial charge on any atom is 0.410 e. The first-order chi connectivity index (χ1) is 18.6. The van der Waals surface area contributed by atoms with Crippen LogP contribution in [-0.4, -0.2) is 64.7 Å². The minimum Gasteiger partial charge on any atom is -0.495 e. The molecule has 4 amide bonds. The molecular weight excluding hydrogens is 498 g/mol. The van der Waals surface area contributed by atoms with E-state index in [-0.39, 0.29) is 25.0 Å². The first kappa shape index (κ1) is 26.3. The Morgan fingerprint density at radius 3 is 2.54 bits per heavy atom. The number of fused-ring (bicyclic) bond motifs is 1. The topological polar surface area (TPSA) is 96.7 Å². The lowest BCUT2D eigenvalue weighted by atomic mass is 10.0. The second-order valence-corrected chi connectivity index (χ2v) is 10.8. The maximum absolute atomic E-state index is 13.6. The third-order valence-corrected chi connectivity index (χ3v) is 6.80. The summed E-state index contributed by atoms with van der Waals surface area (Å²) in [6, 6.07) is 8.91. The quantitative estimate of drug-likeness (QED) is 0.468. The summed E-state index contributed by atoms with van der Waals surface area (Å²) < 4.78 is 12.8. The normalized spacial score (nSPS) is 16.5. The fraction of sp³-hybridized carbons (Fsp3) is 0.379. The molecule has 10 nitrogen and oxygen atoms in total. The summed E-state index contributed by atoms with van der Waals surface area (Å²) in [5.41, 5.74) is 3.63. The van der Waals surface area contributed by atoms with E-state index in [4.69, 9.17) is 9.47 Å². The first-order valence-corrected chi connectivity index (χ1v) is 13.0. The van der Waals surface area contributed by atoms with Crippen molar-refractivity contribution in [3.63, 3.8) is 0 Å². The van der Waals surface area contributed by atoms with Crippen molar-refractivity contribution in [3.05, 3.63) is 59.9 Å². The number of pyridine rings is 1. The summed E-state index contributed by atoms with van der Waals surface area (Å²) in [6.45, 7) is 8.77. The molecule has 3 aromatic rings. The largest absolute Gasteiger partial charge is 0.495 e. The molecule has 0 bridgehead atoms. The number of nitrogens with zero attached hydrogens (tertiary/aromatic N) is 5. The number of urea groups is 1. The van der Waals surface area contributed by atoms with E-state index in [2.05, 4.69) is 4.98 Å². The van der Waals surface area contributed by atoms with Crippen molar-refractivity contribution in [1.29, 1.82) is 0 Å². The maximum atomic E-state index is 13.6. The molecule has 10 heteroatoms. The van der Waals surface area contributed by atoms with E-state index < -0.39 is 11.6 Å². The molecule has 1 fully saturated rings. The zero-order valence-electron chi connectivity index (χ0n) is 22.9. The van der Waals surface area contributed by atoms with Crippen molar-refractivity contribution in [1.82, 2.24) is 14.3 Å². The Hall–Kier alpha value is -4.34. The predicted octanol–water partition coefficient (Wildman–Crippen LogP) is 5.04. The van der Waals surface area contributed by atoms with Crippen LogP contribution in [0.5, 0.6) is 5.75 Å². The molecule has 2 aromatic heterocycles. The molecule has 0 spiro atoms. The van der Waals surface area contributed by atoms with Crippen LogP contribution in [0.1, 0.15) is 44.7 Å². The number of aromatic nitrogens is 2. The molecule has 0 atom stereocenters. The van der Waals surface area contributed by atoms with E-state index in [1.165, 1.54) is 12.0 Å². The van der Waals surface area contributed by atoms with E-state index in [1.807, 2.05) is 62.6 Å². The third kappa shape index (κ3) is 5.19. The number of ether oxygens (including phenoxy) is 2. The number of benzene rings is 1. The van der Waals surface area contributed by atoms with Gasteiger partial charge in [0.15, 0.2) is 0 Å². The van der Waals surface area contributed by atoms with Crippen LogP contribution >= 0.6 is 0 Å². The minimum atomic E-state index is -0.531. The van der Waals surface area contributed by atoms with Crippen LogP contribution in [0.4, 0.5) is 21.1 Å². The van der Waals surface area contributed by atoms with E-state index in [0.29, 0.717) is 42.4 Å². The molecule has 1 saturated heterocycles. The smallest absolute Gasteiger partial charge is 0.410 e. The van der Waals surface area contributed by atoms with Crippen molar-refractivity contribution in [2.75, 3.05) is 36.5 Å². The predicted molar refractivity (Wildman–Crippen MR) is 148 cm³/mol. The zero-order chi connectivity index (χ0) is 27.9. The second kappa shape index (κ2) is 10.1. The van der Waals surface area contributed by atoms with Crippen molar-refractivity contribution >= 4 is 40.8 Å². The Labute approximate surface area is 227 Å². The minimum absolute atomic E-state index is 0.176. The lowest BCUT2D eigenvalue weighted by Crippen LogP contribution is -2.53. The van der Waals surface area contributed by atoms with Gasteiger partial charge in [-0.3, -0.25) is 14.1 Å². The highest BCUT2D eigenvalue weighted by atomic mass is 16.6. The number of hydrogen-bond acceptors (Lipinski definition) is 6. The van der Waals surface area contributed by atoms with Gasteiger partial charge in [-0.15, -0.1) is 0 Å². The van der Waals surface area contributed by atoms with Crippen LogP contribution in [0.15, 0.2) is 48.8 Å². The zero-order valence-corrected chi connectivity index (χ0v) is 22.9. The van der Waals surface area contributed by atoms with Crippen molar-refractivity contribution < 1.29 is 23.9 Å². The number of rotatable bonds is 4. The number of carbonyl (C=O) groups is 3. The number of imidazole rings is 1. The number of methoxy groups -OCH3 is 1. The Kier molecular flexibility index (Phi) is 6.80. The van der Waals surface area contributed by atoms with Crippen LogP contribution < -0.4 is 14.5 Å². The second-order valence-electron chi connectivity index (χ2n) is 10.8. The molecule has 0 saturated carbocycles. The van der Waals surface area contributed by atoms with Crippen LogP contribution in [-0.2, 0) is 9.53 Å². The molecule has 204 valence electrons. The van der Waals surface area contributed by atoms with Crippen LogP contribution in [0.3, 0.4) is 0 Å². The van der Waals surface area contributed by atoms with Gasteiger partial charge in [-0.05, 0) is 75.1 Å². The summed E-state index contributed by atoms with van der Waals surface area (Å²) in [4.78, 5) is 47.9. The molecule has 0 aliphatic carbocycles. The van der Waals surface area contributed by atoms with Crippen molar-refractivity contribution in [2.45, 2.75) is 46.1 Å². The van der Waals surface area contributed by atoms with Gasteiger partial charge >= 0.3 is 12.1 Å². The number of carbonyl (C=O) groups excluding carboxylic acids is 3. The molecule has 2 aliphatic heterocycles. The molecule has 39 heavy (non-hydrogen) atoms. The van der Waals surface area contributed by atoms with Gasteiger partial charge in [-0.1, -0.05) is 12.1 Å². The average Bonchev–Trinajstić information content (AvgIpc) is 3.31. The molecule has 5 rings (SSSR count). The Balaban J connectivity index is 1.38. The van der Waals surface area contributed by atoms with Gasteiger partial charge in [0.2, 0.25) is 5.91 Å². The summed E-state index contributed by atoms with van der Waals surface area (Å²) in [5, 5.41) is 0. The summed E-state index contributed by atoms with van der Waals surface area (Å²) >= 11 is 0. The number of hydrogen-bond donors (Lipinski definition) is 0. The van der Waals surface area contributed by atoms with Gasteiger partial charge < -0.3 is 14.4 Å².